The first-order valence-electron chi connectivity index (χ1n) is 9.03. The zero-order chi connectivity index (χ0) is 19.0. The third-order valence-corrected chi connectivity index (χ3v) is 5.16. The van der Waals surface area contributed by atoms with E-state index in [1.807, 2.05) is 19.9 Å². The fourth-order valence-electron chi connectivity index (χ4n) is 3.37. The Bertz CT molecular complexity index is 1000. The van der Waals surface area contributed by atoms with Crippen LogP contribution in [0.1, 0.15) is 43.5 Å². The lowest BCUT2D eigenvalue weighted by atomic mass is 9.85. The first-order chi connectivity index (χ1) is 13.0. The lowest BCUT2D eigenvalue weighted by molar-refractivity contribution is 0.0350. The van der Waals surface area contributed by atoms with Crippen molar-refractivity contribution >= 4 is 5.78 Å². The molecule has 3 aromatic rings. The van der Waals surface area contributed by atoms with E-state index in [1.165, 1.54) is 0 Å². The van der Waals surface area contributed by atoms with Crippen LogP contribution in [0.4, 0.5) is 0 Å². The number of fused-ring (bicyclic) bond motifs is 1. The van der Waals surface area contributed by atoms with Crippen molar-refractivity contribution in [2.75, 3.05) is 0 Å². The minimum atomic E-state index is -0.418. The number of carbonyl (C=O) groups is 1. The van der Waals surface area contributed by atoms with Gasteiger partial charge in [0.25, 0.3) is 5.89 Å². The number of Topliss-reactive ketones (excluding diaryl/α,β-unsaturated/α-hetero) is 1. The Morgan fingerprint density at radius 1 is 1.11 bits per heavy atom. The highest BCUT2D eigenvalue weighted by atomic mass is 16.5. The van der Waals surface area contributed by atoms with Crippen molar-refractivity contribution in [3.8, 4) is 34.3 Å². The average molecular weight is 364 g/mol. The molecule has 6 heteroatoms. The number of phenolic OH excluding ortho intramolecular Hbond substituents is 1. The van der Waals surface area contributed by atoms with Crippen molar-refractivity contribution < 1.29 is 19.2 Å². The molecule has 0 aliphatic carbocycles. The molecule has 1 N–H and O–H groups in total. The van der Waals surface area contributed by atoms with Gasteiger partial charge in [-0.2, -0.15) is 4.98 Å². The molecule has 2 aromatic carbocycles. The van der Waals surface area contributed by atoms with E-state index < -0.39 is 5.60 Å². The molecule has 1 aliphatic rings. The zero-order valence-corrected chi connectivity index (χ0v) is 15.2. The summed E-state index contributed by atoms with van der Waals surface area (Å²) in [6, 6.07) is 12.0. The number of ether oxygens (including phenoxy) is 1. The van der Waals surface area contributed by atoms with Crippen LogP contribution in [0.2, 0.25) is 0 Å². The summed E-state index contributed by atoms with van der Waals surface area (Å²) in [7, 11) is 0. The second-order valence-corrected chi connectivity index (χ2v) is 6.78. The van der Waals surface area contributed by atoms with Gasteiger partial charge in [0.1, 0.15) is 17.1 Å². The van der Waals surface area contributed by atoms with E-state index in [4.69, 9.17) is 9.26 Å². The van der Waals surface area contributed by atoms with Crippen molar-refractivity contribution in [2.45, 2.75) is 38.7 Å². The number of aromatic nitrogens is 2. The van der Waals surface area contributed by atoms with E-state index in [0.717, 1.165) is 12.8 Å². The van der Waals surface area contributed by atoms with Crippen LogP contribution >= 0.6 is 0 Å². The third kappa shape index (κ3) is 3.07. The Morgan fingerprint density at radius 3 is 2.67 bits per heavy atom. The smallest absolute Gasteiger partial charge is 0.258 e. The van der Waals surface area contributed by atoms with Crippen LogP contribution in [-0.4, -0.2) is 26.6 Å². The molecule has 0 fully saturated rings. The predicted molar refractivity (Wildman–Crippen MR) is 99.7 cm³/mol. The number of aromatic hydroxyl groups is 1. The van der Waals surface area contributed by atoms with Crippen LogP contribution in [0, 0.1) is 0 Å². The van der Waals surface area contributed by atoms with Gasteiger partial charge >= 0.3 is 0 Å². The highest BCUT2D eigenvalue weighted by Crippen LogP contribution is 2.39. The van der Waals surface area contributed by atoms with E-state index in [2.05, 4.69) is 10.1 Å². The maximum atomic E-state index is 12.7. The molecule has 1 aromatic heterocycles. The summed E-state index contributed by atoms with van der Waals surface area (Å²) in [5.74, 6) is 1.48. The molecule has 1 aliphatic heterocycles. The molecule has 0 amide bonds. The number of nitrogens with zero attached hydrogens (tertiary/aromatic N) is 2. The molecule has 0 bridgehead atoms. The van der Waals surface area contributed by atoms with Gasteiger partial charge in [-0.3, -0.25) is 4.79 Å². The van der Waals surface area contributed by atoms with E-state index in [0.29, 0.717) is 40.6 Å². The van der Waals surface area contributed by atoms with Crippen molar-refractivity contribution in [3.63, 3.8) is 0 Å². The predicted octanol–water partition coefficient (Wildman–Crippen LogP) is 4.63. The van der Waals surface area contributed by atoms with Gasteiger partial charge in [0.2, 0.25) is 5.82 Å². The average Bonchev–Trinajstić information content (AvgIpc) is 3.18. The maximum Gasteiger partial charge on any atom is 0.258 e. The fraction of sp³-hybridized carbons (Fsp3) is 0.286. The SMILES string of the molecule is CCC1(CC)CC(=O)c2cc(-c3nc(-c4cccc(O)c4)no3)ccc2O1. The molecule has 27 heavy (non-hydrogen) atoms. The molecule has 0 saturated heterocycles. The largest absolute Gasteiger partial charge is 0.508 e. The molecule has 0 radical (unpaired) electrons. The quantitative estimate of drug-likeness (QED) is 0.726. The van der Waals surface area contributed by atoms with Crippen molar-refractivity contribution in [1.82, 2.24) is 10.1 Å². The van der Waals surface area contributed by atoms with Gasteiger partial charge in [-0.05, 0) is 43.2 Å². The van der Waals surface area contributed by atoms with Crippen LogP contribution in [0.5, 0.6) is 11.5 Å². The van der Waals surface area contributed by atoms with Gasteiger partial charge in [-0.1, -0.05) is 31.1 Å². The number of rotatable bonds is 4. The molecule has 0 atom stereocenters. The third-order valence-electron chi connectivity index (χ3n) is 5.16. The Balaban J connectivity index is 1.68. The highest BCUT2D eigenvalue weighted by Gasteiger charge is 2.37. The molecular weight excluding hydrogens is 344 g/mol. The van der Waals surface area contributed by atoms with E-state index >= 15 is 0 Å². The molecule has 2 heterocycles. The Morgan fingerprint density at radius 2 is 1.93 bits per heavy atom. The van der Waals surface area contributed by atoms with Crippen molar-refractivity contribution in [3.05, 3.63) is 48.0 Å². The number of carbonyl (C=O) groups excluding carboxylic acids is 1. The Hall–Kier alpha value is -3.15. The van der Waals surface area contributed by atoms with Crippen molar-refractivity contribution in [1.29, 1.82) is 0 Å². The van der Waals surface area contributed by atoms with Crippen LogP contribution in [0.3, 0.4) is 0 Å². The molecule has 138 valence electrons. The van der Waals surface area contributed by atoms with Crippen LogP contribution in [0.15, 0.2) is 47.0 Å². The van der Waals surface area contributed by atoms with Crippen LogP contribution in [-0.2, 0) is 0 Å². The van der Waals surface area contributed by atoms with Gasteiger partial charge in [0.15, 0.2) is 5.78 Å². The second kappa shape index (κ2) is 6.54. The van der Waals surface area contributed by atoms with E-state index in [1.54, 1.807) is 36.4 Å². The summed E-state index contributed by atoms with van der Waals surface area (Å²) in [4.78, 5) is 17.1. The van der Waals surface area contributed by atoms with Gasteiger partial charge in [-0.25, -0.2) is 0 Å². The summed E-state index contributed by atoms with van der Waals surface area (Å²) in [5.41, 5.74) is 1.43. The summed E-state index contributed by atoms with van der Waals surface area (Å²) >= 11 is 0. The standard InChI is InChI=1S/C21H20N2O4/c1-3-21(4-2)12-17(25)16-11-14(8-9-18(16)26-21)20-22-19(23-27-20)13-6-5-7-15(24)10-13/h5-11,24H,3-4,12H2,1-2H3. The molecule has 0 saturated carbocycles. The number of ketones is 1. The summed E-state index contributed by atoms with van der Waals surface area (Å²) < 4.78 is 11.5. The van der Waals surface area contributed by atoms with Gasteiger partial charge in [-0.15, -0.1) is 0 Å². The van der Waals surface area contributed by atoms with Crippen LogP contribution in [0.25, 0.3) is 22.8 Å². The summed E-state index contributed by atoms with van der Waals surface area (Å²) in [6.07, 6.45) is 1.94. The summed E-state index contributed by atoms with van der Waals surface area (Å²) in [5, 5.41) is 13.6. The molecule has 0 spiro atoms. The summed E-state index contributed by atoms with van der Waals surface area (Å²) in [6.45, 7) is 4.08. The van der Waals surface area contributed by atoms with E-state index in [-0.39, 0.29) is 11.5 Å². The van der Waals surface area contributed by atoms with Gasteiger partial charge in [0.05, 0.1) is 12.0 Å². The number of benzene rings is 2. The molecule has 0 unspecified atom stereocenters. The Labute approximate surface area is 156 Å². The zero-order valence-electron chi connectivity index (χ0n) is 15.2. The normalized spacial score (nSPS) is 15.3. The number of hydrogen-bond donors (Lipinski definition) is 1. The van der Waals surface area contributed by atoms with Gasteiger partial charge in [0, 0.05) is 11.1 Å². The van der Waals surface area contributed by atoms with E-state index in [9.17, 15) is 9.90 Å². The second-order valence-electron chi connectivity index (χ2n) is 6.78. The lowest BCUT2D eigenvalue weighted by Gasteiger charge is -2.36. The minimum absolute atomic E-state index is 0.0644. The topological polar surface area (TPSA) is 85.5 Å². The molecule has 6 nitrogen and oxygen atoms in total. The highest BCUT2D eigenvalue weighted by molar-refractivity contribution is 6.01. The number of phenols is 1. The lowest BCUT2D eigenvalue weighted by Crippen LogP contribution is -2.40. The fourth-order valence-corrected chi connectivity index (χ4v) is 3.37. The van der Waals surface area contributed by atoms with Crippen LogP contribution < -0.4 is 4.74 Å². The van der Waals surface area contributed by atoms with Crippen molar-refractivity contribution in [2.24, 2.45) is 0 Å². The van der Waals surface area contributed by atoms with Gasteiger partial charge < -0.3 is 14.4 Å². The monoisotopic (exact) mass is 364 g/mol. The first kappa shape index (κ1) is 17.3. The number of hydrogen-bond acceptors (Lipinski definition) is 6. The molecular formula is C21H20N2O4. The molecule has 4 rings (SSSR count). The maximum absolute atomic E-state index is 12.7. The minimum Gasteiger partial charge on any atom is -0.508 e. The first-order valence-corrected chi connectivity index (χ1v) is 9.03. The Kier molecular flexibility index (Phi) is 4.18.